The van der Waals surface area contributed by atoms with E-state index in [-0.39, 0.29) is 5.91 Å². The number of nitrogens with zero attached hydrogens (tertiary/aromatic N) is 2. The standard InChI is InChI=1S/C14H21N3O/c1-17(2)14(18)12-7-8-13(16-10-12)15-9-3-4-11-5-6-11/h7-8,10-11H,3-6,9H2,1-2H3,(H,15,16). The number of pyridine rings is 1. The van der Waals surface area contributed by atoms with Crippen molar-refractivity contribution in [3.05, 3.63) is 23.9 Å². The fourth-order valence-electron chi connectivity index (χ4n) is 1.90. The van der Waals surface area contributed by atoms with E-state index in [1.165, 1.54) is 25.7 Å². The largest absolute Gasteiger partial charge is 0.370 e. The molecule has 98 valence electrons. The lowest BCUT2D eigenvalue weighted by Crippen LogP contribution is -2.21. The average molecular weight is 247 g/mol. The predicted molar refractivity (Wildman–Crippen MR) is 72.7 cm³/mol. The second kappa shape index (κ2) is 5.85. The lowest BCUT2D eigenvalue weighted by molar-refractivity contribution is 0.0827. The van der Waals surface area contributed by atoms with Crippen molar-refractivity contribution in [2.45, 2.75) is 25.7 Å². The quantitative estimate of drug-likeness (QED) is 0.785. The molecule has 2 rings (SSSR count). The molecule has 1 N–H and O–H groups in total. The summed E-state index contributed by atoms with van der Waals surface area (Å²) in [4.78, 5) is 17.5. The van der Waals surface area contributed by atoms with Gasteiger partial charge in [-0.2, -0.15) is 0 Å². The van der Waals surface area contributed by atoms with Crippen LogP contribution < -0.4 is 5.32 Å². The van der Waals surface area contributed by atoms with E-state index in [0.717, 1.165) is 18.3 Å². The number of carbonyl (C=O) groups excluding carboxylic acids is 1. The van der Waals surface area contributed by atoms with Gasteiger partial charge in [-0.25, -0.2) is 4.98 Å². The zero-order valence-corrected chi connectivity index (χ0v) is 11.1. The molecule has 0 saturated heterocycles. The van der Waals surface area contributed by atoms with Gasteiger partial charge in [0.15, 0.2) is 0 Å². The monoisotopic (exact) mass is 247 g/mol. The van der Waals surface area contributed by atoms with E-state index in [1.807, 2.05) is 12.1 Å². The highest BCUT2D eigenvalue weighted by molar-refractivity contribution is 5.93. The minimum absolute atomic E-state index is 0.0113. The van der Waals surface area contributed by atoms with Gasteiger partial charge in [0.2, 0.25) is 0 Å². The van der Waals surface area contributed by atoms with E-state index >= 15 is 0 Å². The molecule has 0 bridgehead atoms. The maximum Gasteiger partial charge on any atom is 0.254 e. The zero-order chi connectivity index (χ0) is 13.0. The molecule has 1 fully saturated rings. The van der Waals surface area contributed by atoms with Crippen molar-refractivity contribution < 1.29 is 4.79 Å². The fourth-order valence-corrected chi connectivity index (χ4v) is 1.90. The number of anilines is 1. The minimum atomic E-state index is -0.0113. The molecule has 4 nitrogen and oxygen atoms in total. The Morgan fingerprint density at radius 1 is 1.44 bits per heavy atom. The van der Waals surface area contributed by atoms with Gasteiger partial charge in [-0.1, -0.05) is 12.8 Å². The Kier molecular flexibility index (Phi) is 4.18. The molecule has 1 heterocycles. The maximum atomic E-state index is 11.7. The molecule has 4 heteroatoms. The number of hydrogen-bond acceptors (Lipinski definition) is 3. The SMILES string of the molecule is CN(C)C(=O)c1ccc(NCCCC2CC2)nc1. The van der Waals surface area contributed by atoms with Crippen LogP contribution in [0, 0.1) is 5.92 Å². The molecule has 1 saturated carbocycles. The smallest absolute Gasteiger partial charge is 0.254 e. The lowest BCUT2D eigenvalue weighted by Gasteiger charge is -2.10. The van der Waals surface area contributed by atoms with Crippen molar-refractivity contribution in [1.29, 1.82) is 0 Å². The van der Waals surface area contributed by atoms with Gasteiger partial charge < -0.3 is 10.2 Å². The van der Waals surface area contributed by atoms with Crippen LogP contribution in [0.4, 0.5) is 5.82 Å². The number of nitrogens with one attached hydrogen (secondary N) is 1. The van der Waals surface area contributed by atoms with Crippen LogP contribution in [-0.2, 0) is 0 Å². The highest BCUT2D eigenvalue weighted by Crippen LogP contribution is 2.33. The van der Waals surface area contributed by atoms with E-state index < -0.39 is 0 Å². The summed E-state index contributed by atoms with van der Waals surface area (Å²) in [6.07, 6.45) is 6.99. The van der Waals surface area contributed by atoms with Gasteiger partial charge in [0, 0.05) is 26.8 Å². The first kappa shape index (κ1) is 12.9. The first-order valence-corrected chi connectivity index (χ1v) is 6.58. The summed E-state index contributed by atoms with van der Waals surface area (Å²) >= 11 is 0. The van der Waals surface area contributed by atoms with Crippen LogP contribution in [0.3, 0.4) is 0 Å². The molecule has 0 radical (unpaired) electrons. The third-order valence-corrected chi connectivity index (χ3v) is 3.21. The van der Waals surface area contributed by atoms with Crippen molar-refractivity contribution in [3.8, 4) is 0 Å². The molecule has 1 aliphatic carbocycles. The second-order valence-corrected chi connectivity index (χ2v) is 5.14. The third kappa shape index (κ3) is 3.72. The number of rotatable bonds is 6. The maximum absolute atomic E-state index is 11.7. The molecule has 0 aromatic carbocycles. The first-order chi connectivity index (χ1) is 8.66. The van der Waals surface area contributed by atoms with Crippen LogP contribution in [0.2, 0.25) is 0 Å². The van der Waals surface area contributed by atoms with E-state index in [4.69, 9.17) is 0 Å². The van der Waals surface area contributed by atoms with Crippen molar-refractivity contribution in [2.24, 2.45) is 5.92 Å². The van der Waals surface area contributed by atoms with E-state index in [2.05, 4.69) is 10.3 Å². The van der Waals surface area contributed by atoms with Crippen LogP contribution in [0.25, 0.3) is 0 Å². The van der Waals surface area contributed by atoms with Gasteiger partial charge in [-0.15, -0.1) is 0 Å². The van der Waals surface area contributed by atoms with Crippen molar-refractivity contribution in [3.63, 3.8) is 0 Å². The van der Waals surface area contributed by atoms with Gasteiger partial charge in [0.25, 0.3) is 5.91 Å². The minimum Gasteiger partial charge on any atom is -0.370 e. The molecule has 0 spiro atoms. The van der Waals surface area contributed by atoms with Gasteiger partial charge in [-0.05, 0) is 30.9 Å². The number of hydrogen-bond donors (Lipinski definition) is 1. The highest BCUT2D eigenvalue weighted by atomic mass is 16.2. The number of amides is 1. The topological polar surface area (TPSA) is 45.2 Å². The van der Waals surface area contributed by atoms with Crippen molar-refractivity contribution in [2.75, 3.05) is 26.0 Å². The summed E-state index contributed by atoms with van der Waals surface area (Å²) in [6.45, 7) is 0.963. The Morgan fingerprint density at radius 2 is 2.22 bits per heavy atom. The van der Waals surface area contributed by atoms with Crippen LogP contribution in [-0.4, -0.2) is 36.4 Å². The molecule has 18 heavy (non-hydrogen) atoms. The molecular formula is C14H21N3O. The highest BCUT2D eigenvalue weighted by Gasteiger charge is 2.19. The van der Waals surface area contributed by atoms with Gasteiger partial charge >= 0.3 is 0 Å². The zero-order valence-electron chi connectivity index (χ0n) is 11.1. The van der Waals surface area contributed by atoms with E-state index in [1.54, 1.807) is 25.2 Å². The van der Waals surface area contributed by atoms with Crippen LogP contribution >= 0.6 is 0 Å². The summed E-state index contributed by atoms with van der Waals surface area (Å²) in [5.41, 5.74) is 0.628. The molecule has 1 aliphatic rings. The number of carbonyl (C=O) groups is 1. The Labute approximate surface area is 108 Å². The second-order valence-electron chi connectivity index (χ2n) is 5.14. The lowest BCUT2D eigenvalue weighted by atomic mass is 10.2. The van der Waals surface area contributed by atoms with Crippen LogP contribution in [0.1, 0.15) is 36.0 Å². The van der Waals surface area contributed by atoms with E-state index in [9.17, 15) is 4.79 Å². The van der Waals surface area contributed by atoms with E-state index in [0.29, 0.717) is 5.56 Å². The van der Waals surface area contributed by atoms with Crippen molar-refractivity contribution >= 4 is 11.7 Å². The average Bonchev–Trinajstić information content (AvgIpc) is 3.18. The number of aromatic nitrogens is 1. The Bertz CT molecular complexity index is 396. The summed E-state index contributed by atoms with van der Waals surface area (Å²) in [6, 6.07) is 3.69. The first-order valence-electron chi connectivity index (χ1n) is 6.58. The molecule has 0 atom stereocenters. The normalized spacial score (nSPS) is 14.3. The molecule has 0 unspecified atom stereocenters. The van der Waals surface area contributed by atoms with Gasteiger partial charge in [0.1, 0.15) is 5.82 Å². The van der Waals surface area contributed by atoms with Crippen LogP contribution in [0.5, 0.6) is 0 Å². The molecule has 1 aromatic heterocycles. The summed E-state index contributed by atoms with van der Waals surface area (Å²) in [7, 11) is 3.48. The molecule has 0 aliphatic heterocycles. The predicted octanol–water partition coefficient (Wildman–Crippen LogP) is 2.39. The summed E-state index contributed by atoms with van der Waals surface area (Å²) in [5.74, 6) is 1.82. The van der Waals surface area contributed by atoms with Crippen LogP contribution in [0.15, 0.2) is 18.3 Å². The summed E-state index contributed by atoms with van der Waals surface area (Å²) in [5, 5.41) is 3.29. The van der Waals surface area contributed by atoms with Crippen molar-refractivity contribution in [1.82, 2.24) is 9.88 Å². The fraction of sp³-hybridized carbons (Fsp3) is 0.571. The molecule has 1 aromatic rings. The molecule has 1 amide bonds. The molecular weight excluding hydrogens is 226 g/mol. The summed E-state index contributed by atoms with van der Waals surface area (Å²) < 4.78 is 0. The Hall–Kier alpha value is -1.58. The van der Waals surface area contributed by atoms with Gasteiger partial charge in [-0.3, -0.25) is 4.79 Å². The third-order valence-electron chi connectivity index (χ3n) is 3.21. The van der Waals surface area contributed by atoms with Gasteiger partial charge in [0.05, 0.1) is 5.56 Å². The Balaban J connectivity index is 1.77. The Morgan fingerprint density at radius 3 is 2.78 bits per heavy atom.